The molecule has 23 heavy (non-hydrogen) atoms. The van der Waals surface area contributed by atoms with Gasteiger partial charge in [-0.2, -0.15) is 0 Å². The van der Waals surface area contributed by atoms with Crippen molar-refractivity contribution in [3.05, 3.63) is 85.4 Å². The molecule has 3 heteroatoms. The fourth-order valence-corrected chi connectivity index (χ4v) is 2.54. The summed E-state index contributed by atoms with van der Waals surface area (Å²) >= 11 is 0. The number of furan rings is 1. The predicted octanol–water partition coefficient (Wildman–Crippen LogP) is 5.07. The van der Waals surface area contributed by atoms with E-state index in [4.69, 9.17) is 9.40 Å². The number of rotatable bonds is 3. The van der Waals surface area contributed by atoms with Crippen LogP contribution in [0.1, 0.15) is 0 Å². The fraction of sp³-hybridized carbons (Fsp3) is 0. The summed E-state index contributed by atoms with van der Waals surface area (Å²) in [6.45, 7) is 0. The van der Waals surface area contributed by atoms with Gasteiger partial charge in [-0.15, -0.1) is 0 Å². The van der Waals surface area contributed by atoms with Crippen LogP contribution in [0.4, 0.5) is 0 Å². The summed E-state index contributed by atoms with van der Waals surface area (Å²) in [4.78, 5) is 8.89. The van der Waals surface area contributed by atoms with Crippen molar-refractivity contribution >= 4 is 0 Å². The second kappa shape index (κ2) is 5.89. The molecule has 110 valence electrons. The molecule has 0 aliphatic heterocycles. The van der Waals surface area contributed by atoms with E-state index in [9.17, 15) is 0 Å². The summed E-state index contributed by atoms with van der Waals surface area (Å²) in [6.07, 6.45) is 5.24. The van der Waals surface area contributed by atoms with Crippen LogP contribution in [-0.2, 0) is 0 Å². The predicted molar refractivity (Wildman–Crippen MR) is 90.6 cm³/mol. The molecule has 4 aromatic rings. The lowest BCUT2D eigenvalue weighted by atomic mass is 10.0. The molecule has 0 fully saturated rings. The van der Waals surface area contributed by atoms with Crippen LogP contribution in [0.15, 0.2) is 89.8 Å². The van der Waals surface area contributed by atoms with Crippen LogP contribution < -0.4 is 0 Å². The second-order valence-electron chi connectivity index (χ2n) is 5.21. The van der Waals surface area contributed by atoms with Crippen LogP contribution in [0.3, 0.4) is 0 Å². The average Bonchev–Trinajstić information content (AvgIpc) is 3.18. The van der Waals surface area contributed by atoms with Gasteiger partial charge in [-0.3, -0.25) is 4.98 Å². The van der Waals surface area contributed by atoms with Gasteiger partial charge in [-0.05, 0) is 36.4 Å². The molecular weight excluding hydrogens is 284 g/mol. The lowest BCUT2D eigenvalue weighted by molar-refractivity contribution is 0.582. The van der Waals surface area contributed by atoms with Crippen molar-refractivity contribution in [2.24, 2.45) is 0 Å². The van der Waals surface area contributed by atoms with Crippen molar-refractivity contribution in [3.8, 4) is 33.8 Å². The van der Waals surface area contributed by atoms with Crippen LogP contribution >= 0.6 is 0 Å². The van der Waals surface area contributed by atoms with Crippen molar-refractivity contribution in [3.63, 3.8) is 0 Å². The van der Waals surface area contributed by atoms with E-state index in [2.05, 4.69) is 23.2 Å². The molecular formula is C20H14N2O. The molecule has 0 atom stereocenters. The number of pyridine rings is 2. The van der Waals surface area contributed by atoms with Crippen LogP contribution in [0.5, 0.6) is 0 Å². The Hall–Kier alpha value is -3.20. The maximum absolute atomic E-state index is 5.56. The highest BCUT2D eigenvalue weighted by molar-refractivity contribution is 5.74. The van der Waals surface area contributed by atoms with Crippen molar-refractivity contribution < 1.29 is 4.42 Å². The number of aromatic nitrogens is 2. The summed E-state index contributed by atoms with van der Waals surface area (Å²) in [5, 5.41) is 0. The minimum absolute atomic E-state index is 0.833. The van der Waals surface area contributed by atoms with E-state index in [-0.39, 0.29) is 0 Å². The first-order valence-corrected chi connectivity index (χ1v) is 7.42. The lowest BCUT2D eigenvalue weighted by Crippen LogP contribution is -1.90. The standard InChI is InChI=1S/C20H14N2O/c1-2-5-15(6-3-1)18-13-17(20-7-4-12-23-20)14-19(22-18)16-8-10-21-11-9-16/h1-14H. The van der Waals surface area contributed by atoms with Gasteiger partial charge in [-0.25, -0.2) is 4.98 Å². The van der Waals surface area contributed by atoms with Crippen molar-refractivity contribution in [1.29, 1.82) is 0 Å². The minimum Gasteiger partial charge on any atom is -0.464 e. The Kier molecular flexibility index (Phi) is 3.45. The van der Waals surface area contributed by atoms with Crippen LogP contribution in [0.25, 0.3) is 33.8 Å². The highest BCUT2D eigenvalue weighted by Gasteiger charge is 2.09. The van der Waals surface area contributed by atoms with E-state index in [1.807, 2.05) is 48.5 Å². The zero-order valence-electron chi connectivity index (χ0n) is 12.4. The SMILES string of the molecule is c1ccc(-c2cc(-c3ccco3)cc(-c3ccncc3)n2)cc1. The third-order valence-corrected chi connectivity index (χ3v) is 3.68. The highest BCUT2D eigenvalue weighted by atomic mass is 16.3. The minimum atomic E-state index is 0.833. The van der Waals surface area contributed by atoms with E-state index in [0.717, 1.165) is 33.8 Å². The molecule has 3 heterocycles. The van der Waals surface area contributed by atoms with Gasteiger partial charge in [0.1, 0.15) is 5.76 Å². The van der Waals surface area contributed by atoms with Crippen LogP contribution in [0, 0.1) is 0 Å². The Morgan fingerprint density at radius 2 is 1.35 bits per heavy atom. The first-order valence-electron chi connectivity index (χ1n) is 7.42. The van der Waals surface area contributed by atoms with Gasteiger partial charge in [0.05, 0.1) is 17.7 Å². The third-order valence-electron chi connectivity index (χ3n) is 3.68. The first kappa shape index (κ1) is 13.5. The quantitative estimate of drug-likeness (QED) is 0.530. The second-order valence-corrected chi connectivity index (χ2v) is 5.21. The van der Waals surface area contributed by atoms with Gasteiger partial charge in [0.15, 0.2) is 0 Å². The van der Waals surface area contributed by atoms with Gasteiger partial charge in [-0.1, -0.05) is 30.3 Å². The molecule has 0 N–H and O–H groups in total. The molecule has 0 unspecified atom stereocenters. The molecule has 0 spiro atoms. The largest absolute Gasteiger partial charge is 0.464 e. The zero-order chi connectivity index (χ0) is 15.5. The van der Waals surface area contributed by atoms with Crippen molar-refractivity contribution in [1.82, 2.24) is 9.97 Å². The van der Waals surface area contributed by atoms with Crippen molar-refractivity contribution in [2.75, 3.05) is 0 Å². The Labute approximate surface area is 134 Å². The molecule has 4 rings (SSSR count). The van der Waals surface area contributed by atoms with Gasteiger partial charge in [0, 0.05) is 29.1 Å². The Morgan fingerprint density at radius 3 is 2.00 bits per heavy atom. The number of hydrogen-bond acceptors (Lipinski definition) is 3. The van der Waals surface area contributed by atoms with Gasteiger partial charge >= 0.3 is 0 Å². The number of benzene rings is 1. The first-order chi connectivity index (χ1) is 11.4. The highest BCUT2D eigenvalue weighted by Crippen LogP contribution is 2.30. The van der Waals surface area contributed by atoms with Crippen LogP contribution in [-0.4, -0.2) is 9.97 Å². The van der Waals surface area contributed by atoms with E-state index in [0.29, 0.717) is 0 Å². The lowest BCUT2D eigenvalue weighted by Gasteiger charge is -2.08. The smallest absolute Gasteiger partial charge is 0.134 e. The summed E-state index contributed by atoms with van der Waals surface area (Å²) in [7, 11) is 0. The molecule has 0 aliphatic rings. The molecule has 0 saturated heterocycles. The Bertz CT molecular complexity index is 843. The van der Waals surface area contributed by atoms with Gasteiger partial charge in [0.2, 0.25) is 0 Å². The summed E-state index contributed by atoms with van der Waals surface area (Å²) in [5.41, 5.74) is 4.95. The molecule has 0 amide bonds. The molecule has 3 nitrogen and oxygen atoms in total. The summed E-state index contributed by atoms with van der Waals surface area (Å²) in [5.74, 6) is 0.833. The number of hydrogen-bond donors (Lipinski definition) is 0. The van der Waals surface area contributed by atoms with E-state index in [1.54, 1.807) is 18.7 Å². The fourth-order valence-electron chi connectivity index (χ4n) is 2.54. The van der Waals surface area contributed by atoms with E-state index >= 15 is 0 Å². The van der Waals surface area contributed by atoms with Gasteiger partial charge < -0.3 is 4.42 Å². The normalized spacial score (nSPS) is 10.6. The summed E-state index contributed by atoms with van der Waals surface area (Å²) < 4.78 is 5.56. The molecule has 0 saturated carbocycles. The summed E-state index contributed by atoms with van der Waals surface area (Å²) in [6, 6.07) is 22.0. The Balaban J connectivity index is 1.91. The molecule has 0 aliphatic carbocycles. The Morgan fingerprint density at radius 1 is 0.652 bits per heavy atom. The molecule has 1 aromatic carbocycles. The molecule has 3 aromatic heterocycles. The monoisotopic (exact) mass is 298 g/mol. The maximum atomic E-state index is 5.56. The van der Waals surface area contributed by atoms with Crippen molar-refractivity contribution in [2.45, 2.75) is 0 Å². The van der Waals surface area contributed by atoms with Gasteiger partial charge in [0.25, 0.3) is 0 Å². The van der Waals surface area contributed by atoms with Crippen LogP contribution in [0.2, 0.25) is 0 Å². The average molecular weight is 298 g/mol. The van der Waals surface area contributed by atoms with E-state index < -0.39 is 0 Å². The molecule has 0 radical (unpaired) electrons. The maximum Gasteiger partial charge on any atom is 0.134 e. The number of nitrogens with zero attached hydrogens (tertiary/aromatic N) is 2. The zero-order valence-corrected chi connectivity index (χ0v) is 12.4. The molecule has 0 bridgehead atoms. The topological polar surface area (TPSA) is 38.9 Å². The van der Waals surface area contributed by atoms with E-state index in [1.165, 1.54) is 0 Å². The third kappa shape index (κ3) is 2.77.